The first-order valence-electron chi connectivity index (χ1n) is 16.4. The third kappa shape index (κ3) is 3.62. The second kappa shape index (κ2) is 10.1. The number of halogens is 1. The molecule has 0 saturated carbocycles. The van der Waals surface area contributed by atoms with E-state index in [9.17, 15) is 14.9 Å². The number of hydrogen-bond acceptors (Lipinski definition) is 4. The highest BCUT2D eigenvalue weighted by Crippen LogP contribution is 2.62. The number of hydrogen-bond donors (Lipinski definition) is 0. The number of nitriles is 2. The van der Waals surface area contributed by atoms with E-state index in [-0.39, 0.29) is 5.82 Å². The highest BCUT2D eigenvalue weighted by Gasteiger charge is 2.52. The summed E-state index contributed by atoms with van der Waals surface area (Å²) in [5, 5.41) is 21.4. The molecule has 1 spiro atoms. The van der Waals surface area contributed by atoms with Crippen molar-refractivity contribution in [2.45, 2.75) is 12.3 Å². The van der Waals surface area contributed by atoms with Gasteiger partial charge in [0, 0.05) is 27.6 Å². The molecule has 0 radical (unpaired) electrons. The van der Waals surface area contributed by atoms with E-state index in [1.54, 1.807) is 6.07 Å². The van der Waals surface area contributed by atoms with Gasteiger partial charge in [-0.3, -0.25) is 9.55 Å². The Labute approximate surface area is 286 Å². The van der Waals surface area contributed by atoms with Crippen molar-refractivity contribution in [3.63, 3.8) is 0 Å². The van der Waals surface area contributed by atoms with Crippen molar-refractivity contribution >= 4 is 21.8 Å². The minimum absolute atomic E-state index is 0.295. The quantitative estimate of drug-likeness (QED) is 0.188. The minimum atomic E-state index is -0.682. The maximum atomic E-state index is 14.7. The Kier molecular flexibility index (Phi) is 5.66. The lowest BCUT2D eigenvalue weighted by Crippen LogP contribution is -2.26. The van der Waals surface area contributed by atoms with Gasteiger partial charge in [0.15, 0.2) is 0 Å². The first-order valence-corrected chi connectivity index (χ1v) is 16.4. The molecule has 0 saturated heterocycles. The van der Waals surface area contributed by atoms with Crippen LogP contribution < -0.4 is 0 Å². The van der Waals surface area contributed by atoms with Gasteiger partial charge in [0.05, 0.1) is 51.1 Å². The minimum Gasteiger partial charge on any atom is -0.294 e. The summed E-state index contributed by atoms with van der Waals surface area (Å²) in [5.74, 6) is 0.422. The number of aryl methyl sites for hydroxylation is 1. The zero-order chi connectivity index (χ0) is 33.7. The first kappa shape index (κ1) is 28.2. The molecule has 3 heterocycles. The standard InChI is InChI=1S/C44H24FN5/c1-25-5-4-8-39(48-25)28-11-13-30-34-22-29(45)12-17-40(34)50(41(30)21-28)42-18-16-38-43(49-42)31-6-2-3-7-35(31)44(38)36-14-9-26(23-46)19-32(36)33-20-27(24-47)10-15-37(33)44/h2-22H,1H3. The molecule has 0 atom stereocenters. The van der Waals surface area contributed by atoms with E-state index >= 15 is 0 Å². The van der Waals surface area contributed by atoms with Crippen LogP contribution in [-0.2, 0) is 5.41 Å². The zero-order valence-electron chi connectivity index (χ0n) is 26.7. The molecule has 0 amide bonds. The maximum Gasteiger partial charge on any atom is 0.138 e. The van der Waals surface area contributed by atoms with Crippen LogP contribution in [-0.4, -0.2) is 14.5 Å². The number of pyridine rings is 2. The SMILES string of the molecule is Cc1cccc(-c2ccc3c4cc(F)ccc4n(-c4ccc5c(n4)-c4ccccc4C54c5ccc(C#N)cc5-c5cc(C#N)ccc54)c3c2)n1. The topological polar surface area (TPSA) is 78.3 Å². The van der Waals surface area contributed by atoms with Crippen molar-refractivity contribution in [3.8, 4) is 51.6 Å². The van der Waals surface area contributed by atoms with Gasteiger partial charge in [-0.1, -0.05) is 60.7 Å². The number of fused-ring (bicyclic) bond motifs is 13. The summed E-state index contributed by atoms with van der Waals surface area (Å²) in [6, 6.07) is 46.0. The van der Waals surface area contributed by atoms with E-state index in [4.69, 9.17) is 9.97 Å². The lowest BCUT2D eigenvalue weighted by Gasteiger charge is -2.30. The lowest BCUT2D eigenvalue weighted by molar-refractivity contribution is 0.629. The molecule has 10 rings (SSSR count). The van der Waals surface area contributed by atoms with Crippen LogP contribution in [0.5, 0.6) is 0 Å². The zero-order valence-corrected chi connectivity index (χ0v) is 26.7. The van der Waals surface area contributed by atoms with Gasteiger partial charge in [0.1, 0.15) is 11.6 Å². The Hall–Kier alpha value is -6.89. The summed E-state index contributed by atoms with van der Waals surface area (Å²) in [5.41, 5.74) is 13.0. The average Bonchev–Trinajstić information content (AvgIpc) is 3.74. The second-order valence-corrected chi connectivity index (χ2v) is 13.0. The van der Waals surface area contributed by atoms with Crippen LogP contribution in [0, 0.1) is 35.4 Å². The largest absolute Gasteiger partial charge is 0.294 e. The van der Waals surface area contributed by atoms with Crippen LogP contribution in [0.25, 0.3) is 61.3 Å². The number of rotatable bonds is 2. The summed E-state index contributed by atoms with van der Waals surface area (Å²) in [6.45, 7) is 1.98. The Morgan fingerprint density at radius 2 is 1.32 bits per heavy atom. The van der Waals surface area contributed by atoms with E-state index in [1.807, 2.05) is 73.7 Å². The highest BCUT2D eigenvalue weighted by molar-refractivity contribution is 6.10. The van der Waals surface area contributed by atoms with Gasteiger partial charge < -0.3 is 0 Å². The first-order chi connectivity index (χ1) is 24.5. The summed E-state index contributed by atoms with van der Waals surface area (Å²) < 4.78 is 16.9. The molecule has 0 unspecified atom stereocenters. The fourth-order valence-corrected chi connectivity index (χ4v) is 8.40. The fourth-order valence-electron chi connectivity index (χ4n) is 8.40. The molecular formula is C44H24FN5. The van der Waals surface area contributed by atoms with E-state index in [0.717, 1.165) is 89.2 Å². The summed E-state index contributed by atoms with van der Waals surface area (Å²) in [7, 11) is 0. The predicted molar refractivity (Wildman–Crippen MR) is 192 cm³/mol. The third-order valence-corrected chi connectivity index (χ3v) is 10.4. The molecule has 5 nitrogen and oxygen atoms in total. The van der Waals surface area contributed by atoms with Crippen molar-refractivity contribution in [1.82, 2.24) is 14.5 Å². The van der Waals surface area contributed by atoms with Crippen molar-refractivity contribution in [3.05, 3.63) is 172 Å². The molecule has 6 heteroatoms. The average molecular weight is 642 g/mol. The normalized spacial score (nSPS) is 13.1. The van der Waals surface area contributed by atoms with Crippen molar-refractivity contribution < 1.29 is 4.39 Å². The molecule has 2 aliphatic rings. The Bertz CT molecular complexity index is 2820. The van der Waals surface area contributed by atoms with Gasteiger partial charge in [0.2, 0.25) is 0 Å². The lowest BCUT2D eigenvalue weighted by atomic mass is 9.70. The van der Waals surface area contributed by atoms with Crippen LogP contribution in [0.1, 0.15) is 39.1 Å². The molecule has 0 bridgehead atoms. The summed E-state index contributed by atoms with van der Waals surface area (Å²) in [6.07, 6.45) is 0. The van der Waals surface area contributed by atoms with Crippen molar-refractivity contribution in [2.24, 2.45) is 0 Å². The van der Waals surface area contributed by atoms with Crippen LogP contribution >= 0.6 is 0 Å². The molecule has 50 heavy (non-hydrogen) atoms. The molecule has 2 aliphatic carbocycles. The Balaban J connectivity index is 1.27. The van der Waals surface area contributed by atoms with Crippen molar-refractivity contribution in [2.75, 3.05) is 0 Å². The Morgan fingerprint density at radius 1 is 0.600 bits per heavy atom. The molecule has 5 aromatic carbocycles. The predicted octanol–water partition coefficient (Wildman–Crippen LogP) is 9.78. The van der Waals surface area contributed by atoms with Gasteiger partial charge in [-0.15, -0.1) is 0 Å². The van der Waals surface area contributed by atoms with Crippen LogP contribution in [0.2, 0.25) is 0 Å². The molecule has 0 N–H and O–H groups in total. The van der Waals surface area contributed by atoms with Gasteiger partial charge in [-0.05, 0) is 107 Å². The van der Waals surface area contributed by atoms with E-state index in [2.05, 4.69) is 65.2 Å². The van der Waals surface area contributed by atoms with Crippen LogP contribution in [0.3, 0.4) is 0 Å². The van der Waals surface area contributed by atoms with Gasteiger partial charge in [-0.25, -0.2) is 9.37 Å². The maximum absolute atomic E-state index is 14.7. The molecule has 0 fully saturated rings. The van der Waals surface area contributed by atoms with Crippen LogP contribution in [0.15, 0.2) is 127 Å². The third-order valence-electron chi connectivity index (χ3n) is 10.4. The van der Waals surface area contributed by atoms with Gasteiger partial charge in [0.25, 0.3) is 0 Å². The smallest absolute Gasteiger partial charge is 0.138 e. The molecule has 3 aromatic heterocycles. The monoisotopic (exact) mass is 641 g/mol. The molecular weight excluding hydrogens is 618 g/mol. The van der Waals surface area contributed by atoms with Crippen molar-refractivity contribution in [1.29, 1.82) is 10.5 Å². The molecule has 0 aliphatic heterocycles. The highest BCUT2D eigenvalue weighted by atomic mass is 19.1. The van der Waals surface area contributed by atoms with E-state index in [0.29, 0.717) is 11.1 Å². The molecule has 232 valence electrons. The second-order valence-electron chi connectivity index (χ2n) is 13.0. The van der Waals surface area contributed by atoms with E-state index < -0.39 is 5.41 Å². The van der Waals surface area contributed by atoms with E-state index in [1.165, 1.54) is 6.07 Å². The number of benzene rings is 5. The van der Waals surface area contributed by atoms with Crippen LogP contribution in [0.4, 0.5) is 4.39 Å². The Morgan fingerprint density at radius 3 is 2.06 bits per heavy atom. The van der Waals surface area contributed by atoms with Gasteiger partial charge in [-0.2, -0.15) is 10.5 Å². The number of nitrogens with zero attached hydrogens (tertiary/aromatic N) is 5. The number of aromatic nitrogens is 3. The van der Waals surface area contributed by atoms with Gasteiger partial charge >= 0.3 is 0 Å². The molecule has 8 aromatic rings. The summed E-state index contributed by atoms with van der Waals surface area (Å²) in [4.78, 5) is 10.2. The fraction of sp³-hybridized carbons (Fsp3) is 0.0455. The summed E-state index contributed by atoms with van der Waals surface area (Å²) >= 11 is 0.